The minimum atomic E-state index is 0.713. The summed E-state index contributed by atoms with van der Waals surface area (Å²) in [6.07, 6.45) is 9.14. The van der Waals surface area contributed by atoms with Gasteiger partial charge in [0, 0.05) is 32.4 Å². The topological polar surface area (TPSA) is 33.1 Å². The maximum absolute atomic E-state index is 4.23. The van der Waals surface area contributed by atoms with Crippen LogP contribution in [0.4, 0.5) is 0 Å². The van der Waals surface area contributed by atoms with Crippen LogP contribution in [0.25, 0.3) is 0 Å². The van der Waals surface area contributed by atoms with Crippen LogP contribution in [0.5, 0.6) is 0 Å². The molecule has 102 valence electrons. The van der Waals surface area contributed by atoms with Crippen molar-refractivity contribution in [3.63, 3.8) is 0 Å². The van der Waals surface area contributed by atoms with E-state index in [0.717, 1.165) is 13.0 Å². The van der Waals surface area contributed by atoms with Gasteiger partial charge in [0.05, 0.1) is 6.20 Å². The van der Waals surface area contributed by atoms with Gasteiger partial charge in [0.25, 0.3) is 0 Å². The van der Waals surface area contributed by atoms with Crippen molar-refractivity contribution in [2.45, 2.75) is 38.6 Å². The maximum Gasteiger partial charge on any atom is 0.0522 e. The predicted octanol–water partition coefficient (Wildman–Crippen LogP) is 1.43. The van der Waals surface area contributed by atoms with Crippen molar-refractivity contribution < 1.29 is 0 Å². The standard InChI is InChI=1S/C14H26N4/c1-3-8-18(12-14-5-4-7-15-14)9-6-13-10-16-17(2)11-13/h10-11,14-15H,3-9,12H2,1-2H3. The van der Waals surface area contributed by atoms with E-state index in [1.165, 1.54) is 44.5 Å². The van der Waals surface area contributed by atoms with Gasteiger partial charge in [-0.05, 0) is 44.3 Å². The molecular formula is C14H26N4. The van der Waals surface area contributed by atoms with Crippen molar-refractivity contribution in [1.82, 2.24) is 20.0 Å². The first-order chi connectivity index (χ1) is 8.78. The molecule has 0 bridgehead atoms. The van der Waals surface area contributed by atoms with Crippen LogP contribution in [0, 0.1) is 0 Å². The third-order valence-electron chi connectivity index (χ3n) is 3.66. The molecule has 4 heteroatoms. The molecule has 1 saturated heterocycles. The van der Waals surface area contributed by atoms with Crippen molar-refractivity contribution in [2.24, 2.45) is 7.05 Å². The number of aromatic nitrogens is 2. The van der Waals surface area contributed by atoms with Crippen molar-refractivity contribution in [3.05, 3.63) is 18.0 Å². The number of nitrogens with zero attached hydrogens (tertiary/aromatic N) is 3. The van der Waals surface area contributed by atoms with E-state index in [1.54, 1.807) is 0 Å². The SMILES string of the molecule is CCCN(CCc1cnn(C)c1)CC1CCCN1. The van der Waals surface area contributed by atoms with Gasteiger partial charge in [-0.1, -0.05) is 6.92 Å². The van der Waals surface area contributed by atoms with Crippen LogP contribution in [0.2, 0.25) is 0 Å². The molecule has 1 aromatic rings. The molecule has 18 heavy (non-hydrogen) atoms. The fourth-order valence-electron chi connectivity index (χ4n) is 2.72. The molecular weight excluding hydrogens is 224 g/mol. The molecule has 0 saturated carbocycles. The van der Waals surface area contributed by atoms with Gasteiger partial charge >= 0.3 is 0 Å². The van der Waals surface area contributed by atoms with Gasteiger partial charge in [0.2, 0.25) is 0 Å². The van der Waals surface area contributed by atoms with Crippen LogP contribution in [0.1, 0.15) is 31.7 Å². The van der Waals surface area contributed by atoms with E-state index in [4.69, 9.17) is 0 Å². The molecule has 2 rings (SSSR count). The molecule has 4 nitrogen and oxygen atoms in total. The van der Waals surface area contributed by atoms with Crippen molar-refractivity contribution in [1.29, 1.82) is 0 Å². The third kappa shape index (κ3) is 4.10. The molecule has 1 fully saturated rings. The summed E-state index contributed by atoms with van der Waals surface area (Å²) in [7, 11) is 1.98. The molecule has 0 spiro atoms. The lowest BCUT2D eigenvalue weighted by Gasteiger charge is -2.25. The Morgan fingerprint density at radius 3 is 3.00 bits per heavy atom. The second-order valence-electron chi connectivity index (χ2n) is 5.37. The highest BCUT2D eigenvalue weighted by Crippen LogP contribution is 2.08. The van der Waals surface area contributed by atoms with Gasteiger partial charge in [0.15, 0.2) is 0 Å². The summed E-state index contributed by atoms with van der Waals surface area (Å²) in [6.45, 7) is 7.02. The number of aryl methyl sites for hydroxylation is 1. The Balaban J connectivity index is 1.77. The molecule has 1 aromatic heterocycles. The number of hydrogen-bond acceptors (Lipinski definition) is 3. The zero-order valence-electron chi connectivity index (χ0n) is 11.7. The predicted molar refractivity (Wildman–Crippen MR) is 74.7 cm³/mol. The molecule has 0 amide bonds. The summed E-state index contributed by atoms with van der Waals surface area (Å²) in [5.41, 5.74) is 1.35. The van der Waals surface area contributed by atoms with E-state index >= 15 is 0 Å². The Bertz CT molecular complexity index is 341. The Morgan fingerprint density at radius 2 is 2.39 bits per heavy atom. The van der Waals surface area contributed by atoms with E-state index < -0.39 is 0 Å². The van der Waals surface area contributed by atoms with Crippen LogP contribution in [0.3, 0.4) is 0 Å². The second-order valence-corrected chi connectivity index (χ2v) is 5.37. The molecule has 0 radical (unpaired) electrons. The number of hydrogen-bond donors (Lipinski definition) is 1. The molecule has 1 aliphatic rings. The fraction of sp³-hybridized carbons (Fsp3) is 0.786. The highest BCUT2D eigenvalue weighted by molar-refractivity contribution is 5.04. The monoisotopic (exact) mass is 250 g/mol. The number of nitrogens with one attached hydrogen (secondary N) is 1. The zero-order valence-corrected chi connectivity index (χ0v) is 11.7. The molecule has 1 N–H and O–H groups in total. The van der Waals surface area contributed by atoms with E-state index in [2.05, 4.69) is 28.4 Å². The Labute approximate surface area is 110 Å². The van der Waals surface area contributed by atoms with Crippen LogP contribution < -0.4 is 5.32 Å². The van der Waals surface area contributed by atoms with Gasteiger partial charge in [-0.2, -0.15) is 5.10 Å². The lowest BCUT2D eigenvalue weighted by atomic mass is 10.2. The first-order valence-electron chi connectivity index (χ1n) is 7.21. The highest BCUT2D eigenvalue weighted by atomic mass is 15.2. The zero-order chi connectivity index (χ0) is 12.8. The molecule has 2 heterocycles. The molecule has 0 aliphatic carbocycles. The second kappa shape index (κ2) is 6.90. The Morgan fingerprint density at radius 1 is 1.50 bits per heavy atom. The quantitative estimate of drug-likeness (QED) is 0.794. The minimum Gasteiger partial charge on any atom is -0.313 e. The largest absolute Gasteiger partial charge is 0.313 e. The summed E-state index contributed by atoms with van der Waals surface area (Å²) in [5.74, 6) is 0. The van der Waals surface area contributed by atoms with E-state index in [1.807, 2.05) is 17.9 Å². The summed E-state index contributed by atoms with van der Waals surface area (Å²) in [6, 6.07) is 0.713. The molecule has 1 atom stereocenters. The fourth-order valence-corrected chi connectivity index (χ4v) is 2.72. The van der Waals surface area contributed by atoms with Crippen molar-refractivity contribution >= 4 is 0 Å². The minimum absolute atomic E-state index is 0.713. The summed E-state index contributed by atoms with van der Waals surface area (Å²) in [4.78, 5) is 2.59. The first kappa shape index (κ1) is 13.6. The third-order valence-corrected chi connectivity index (χ3v) is 3.66. The maximum atomic E-state index is 4.23. The average molecular weight is 250 g/mol. The van der Waals surface area contributed by atoms with Gasteiger partial charge in [-0.3, -0.25) is 4.68 Å². The number of rotatable bonds is 7. The van der Waals surface area contributed by atoms with Gasteiger partial charge in [-0.15, -0.1) is 0 Å². The normalized spacial score (nSPS) is 19.8. The van der Waals surface area contributed by atoms with E-state index in [0.29, 0.717) is 6.04 Å². The molecule has 1 aliphatic heterocycles. The van der Waals surface area contributed by atoms with Crippen LogP contribution in [-0.2, 0) is 13.5 Å². The van der Waals surface area contributed by atoms with E-state index in [9.17, 15) is 0 Å². The molecule has 1 unspecified atom stereocenters. The van der Waals surface area contributed by atoms with Crippen LogP contribution >= 0.6 is 0 Å². The Kier molecular flexibility index (Phi) is 5.20. The van der Waals surface area contributed by atoms with Gasteiger partial charge < -0.3 is 10.2 Å². The van der Waals surface area contributed by atoms with Gasteiger partial charge in [-0.25, -0.2) is 0 Å². The highest BCUT2D eigenvalue weighted by Gasteiger charge is 2.17. The van der Waals surface area contributed by atoms with E-state index in [-0.39, 0.29) is 0 Å². The van der Waals surface area contributed by atoms with Crippen LogP contribution in [-0.4, -0.2) is 46.9 Å². The summed E-state index contributed by atoms with van der Waals surface area (Å²) < 4.78 is 1.89. The summed E-state index contributed by atoms with van der Waals surface area (Å²) >= 11 is 0. The average Bonchev–Trinajstić information content (AvgIpc) is 2.98. The van der Waals surface area contributed by atoms with Crippen LogP contribution in [0.15, 0.2) is 12.4 Å². The van der Waals surface area contributed by atoms with Crippen molar-refractivity contribution in [2.75, 3.05) is 26.2 Å². The molecule has 0 aromatic carbocycles. The van der Waals surface area contributed by atoms with Crippen molar-refractivity contribution in [3.8, 4) is 0 Å². The van der Waals surface area contributed by atoms with Gasteiger partial charge in [0.1, 0.15) is 0 Å². The first-order valence-corrected chi connectivity index (χ1v) is 7.21. The lowest BCUT2D eigenvalue weighted by Crippen LogP contribution is -2.39. The Hall–Kier alpha value is -0.870. The summed E-state index contributed by atoms with van der Waals surface area (Å²) in [5, 5.41) is 7.82. The smallest absolute Gasteiger partial charge is 0.0522 e. The lowest BCUT2D eigenvalue weighted by molar-refractivity contribution is 0.252.